The fourth-order valence-corrected chi connectivity index (χ4v) is 5.32. The van der Waals surface area contributed by atoms with Crippen molar-refractivity contribution in [1.29, 1.82) is 0 Å². The van der Waals surface area contributed by atoms with E-state index < -0.39 is 59.0 Å². The lowest BCUT2D eigenvalue weighted by Gasteiger charge is -2.15. The highest BCUT2D eigenvalue weighted by Gasteiger charge is 2.23. The first-order valence-electron chi connectivity index (χ1n) is 11.3. The quantitative estimate of drug-likeness (QED) is 0.0441. The minimum absolute atomic E-state index is 0.126. The third-order valence-electron chi connectivity index (χ3n) is 5.61. The van der Waals surface area contributed by atoms with Crippen molar-refractivity contribution >= 4 is 72.0 Å². The second-order valence-corrected chi connectivity index (χ2v) is 11.9. The molecule has 0 aliphatic rings. The summed E-state index contributed by atoms with van der Waals surface area (Å²) in [6, 6.07) is 12.5. The average molecular weight is 652 g/mol. The maximum absolute atomic E-state index is 13.1. The molecule has 0 unspecified atom stereocenters. The van der Waals surface area contributed by atoms with Crippen LogP contribution < -0.4 is 5.32 Å². The molecule has 0 aliphatic heterocycles. The lowest BCUT2D eigenvalue weighted by molar-refractivity contribution is -0.432. The van der Waals surface area contributed by atoms with Crippen LogP contribution in [0.5, 0.6) is 5.75 Å². The smallest absolute Gasteiger partial charge is 0.337 e. The largest absolute Gasteiger partial charge is 0.505 e. The Bertz CT molecular complexity index is 2010. The Balaban J connectivity index is 1.94. The number of benzene rings is 4. The zero-order chi connectivity index (χ0) is 31.5. The van der Waals surface area contributed by atoms with Crippen molar-refractivity contribution < 1.29 is 60.4 Å². The van der Waals surface area contributed by atoms with E-state index in [0.29, 0.717) is 0 Å². The van der Waals surface area contributed by atoms with Crippen molar-refractivity contribution in [2.45, 2.75) is 14.7 Å². The van der Waals surface area contributed by atoms with E-state index in [9.17, 15) is 45.7 Å². The number of nitrogens with one attached hydrogen (secondary N) is 1. The van der Waals surface area contributed by atoms with Crippen LogP contribution in [-0.4, -0.2) is 53.3 Å². The van der Waals surface area contributed by atoms with Crippen LogP contribution in [0.4, 0.5) is 17.1 Å². The number of amides is 1. The molecule has 4 aromatic rings. The third-order valence-corrected chi connectivity index (χ3v) is 7.91. The molecule has 0 aromatic heterocycles. The number of nitrogens with zero attached hydrogens (tertiary/aromatic N) is 2. The third kappa shape index (κ3) is 7.13. The maximum Gasteiger partial charge on any atom is 0.337 e. The summed E-state index contributed by atoms with van der Waals surface area (Å²) in [5.74, 6) is -3.11. The van der Waals surface area contributed by atoms with E-state index in [1.165, 1.54) is 30.3 Å². The van der Waals surface area contributed by atoms with Gasteiger partial charge in [-0.25, -0.2) is 10.1 Å². The Kier molecular flexibility index (Phi) is 9.08. The number of carboxylic acids is 1. The number of hydrogen-bond donors (Lipinski definition) is 6. The van der Waals surface area contributed by atoms with Gasteiger partial charge in [0.05, 0.1) is 38.0 Å². The van der Waals surface area contributed by atoms with Gasteiger partial charge < -0.3 is 15.5 Å². The number of azo groups is 1. The molecular formula is C24H17N3O13S3. The summed E-state index contributed by atoms with van der Waals surface area (Å²) in [5.41, 5.74) is -1.50. The Hall–Kier alpha value is -4.47. The molecule has 0 saturated heterocycles. The van der Waals surface area contributed by atoms with Crippen LogP contribution >= 0.6 is 12.0 Å². The number of anilines is 1. The van der Waals surface area contributed by atoms with Crippen LogP contribution in [0.1, 0.15) is 20.7 Å². The van der Waals surface area contributed by atoms with Gasteiger partial charge in [0.1, 0.15) is 11.4 Å². The topological polar surface area (TPSA) is 259 Å². The van der Waals surface area contributed by atoms with Crippen molar-refractivity contribution in [2.75, 3.05) is 5.32 Å². The van der Waals surface area contributed by atoms with E-state index in [1.807, 2.05) is 0 Å². The van der Waals surface area contributed by atoms with Gasteiger partial charge in [0.15, 0.2) is 5.75 Å². The predicted octanol–water partition coefficient (Wildman–Crippen LogP) is 4.83. The molecule has 0 spiro atoms. The first-order valence-corrected chi connectivity index (χ1v) is 14.9. The molecule has 43 heavy (non-hydrogen) atoms. The van der Waals surface area contributed by atoms with E-state index in [4.69, 9.17) is 5.26 Å². The molecule has 19 heteroatoms. The van der Waals surface area contributed by atoms with Gasteiger partial charge >= 0.3 is 5.97 Å². The molecule has 0 aliphatic carbocycles. The van der Waals surface area contributed by atoms with Crippen molar-refractivity contribution in [3.05, 3.63) is 77.9 Å². The van der Waals surface area contributed by atoms with Gasteiger partial charge in [0.25, 0.3) is 26.1 Å². The number of phenols is 1. The standard InChI is InChI=1S/C24H17N3O13S3/c28-22-20-13(10-19(41-40-39-32)21(22)27-26-17-7-2-1-6-16(17)24(30)31)9-15(43(36,37)38)11-18(20)25-23(29)12-4-3-5-14(8-12)42(33,34)35/h1-11,28,32H,(H,25,29)(H,30,31)(H,33,34,35)(H,36,37,38). The highest BCUT2D eigenvalue weighted by atomic mass is 32.2. The minimum Gasteiger partial charge on any atom is -0.505 e. The zero-order valence-corrected chi connectivity index (χ0v) is 23.4. The van der Waals surface area contributed by atoms with Gasteiger partial charge in [-0.1, -0.05) is 23.2 Å². The highest BCUT2D eigenvalue weighted by Crippen LogP contribution is 2.47. The lowest BCUT2D eigenvalue weighted by atomic mass is 10.1. The molecule has 0 bridgehead atoms. The molecule has 1 amide bonds. The van der Waals surface area contributed by atoms with Gasteiger partial charge in [-0.05, 0) is 53.9 Å². The van der Waals surface area contributed by atoms with Crippen LogP contribution in [0.25, 0.3) is 10.8 Å². The van der Waals surface area contributed by atoms with Gasteiger partial charge in [-0.15, -0.1) is 14.6 Å². The van der Waals surface area contributed by atoms with E-state index in [1.54, 1.807) is 0 Å². The Labute approximate surface area is 245 Å². The molecule has 6 N–H and O–H groups in total. The summed E-state index contributed by atoms with van der Waals surface area (Å²) in [6.07, 6.45) is 0. The van der Waals surface area contributed by atoms with Gasteiger partial charge in [0, 0.05) is 10.9 Å². The van der Waals surface area contributed by atoms with Crippen LogP contribution in [0.3, 0.4) is 0 Å². The van der Waals surface area contributed by atoms with Crippen LogP contribution in [0.2, 0.25) is 0 Å². The molecule has 0 heterocycles. The number of hydrogen-bond acceptors (Lipinski definition) is 13. The second-order valence-electron chi connectivity index (χ2n) is 8.32. The summed E-state index contributed by atoms with van der Waals surface area (Å²) in [4.78, 5) is 23.1. The van der Waals surface area contributed by atoms with Gasteiger partial charge in [-0.3, -0.25) is 13.9 Å². The number of carbonyl (C=O) groups is 2. The number of aromatic hydroxyl groups is 1. The Morgan fingerprint density at radius 3 is 2.21 bits per heavy atom. The second kappa shape index (κ2) is 12.4. The molecule has 0 fully saturated rings. The normalized spacial score (nSPS) is 12.1. The molecule has 0 atom stereocenters. The lowest BCUT2D eigenvalue weighted by Crippen LogP contribution is -2.14. The molecule has 0 saturated carbocycles. The zero-order valence-electron chi connectivity index (χ0n) is 21.0. The minimum atomic E-state index is -4.90. The molecule has 224 valence electrons. The van der Waals surface area contributed by atoms with E-state index in [2.05, 4.69) is 24.9 Å². The average Bonchev–Trinajstić information content (AvgIpc) is 2.94. The number of fused-ring (bicyclic) bond motifs is 1. The molecule has 16 nitrogen and oxygen atoms in total. The van der Waals surface area contributed by atoms with Gasteiger partial charge in [-0.2, -0.15) is 16.8 Å². The summed E-state index contributed by atoms with van der Waals surface area (Å²) in [6.45, 7) is 0. The molecule has 4 rings (SSSR count). The Morgan fingerprint density at radius 1 is 0.860 bits per heavy atom. The summed E-state index contributed by atoms with van der Waals surface area (Å²) >= 11 is 0.273. The number of carbonyl (C=O) groups excluding carboxylic acids is 1. The number of phenolic OH excluding ortho intramolecular Hbond substituents is 1. The summed E-state index contributed by atoms with van der Waals surface area (Å²) in [7, 11) is -9.59. The van der Waals surface area contributed by atoms with E-state index >= 15 is 0 Å². The maximum atomic E-state index is 13.1. The van der Waals surface area contributed by atoms with Crippen molar-refractivity contribution in [2.24, 2.45) is 10.2 Å². The fraction of sp³-hybridized carbons (Fsp3) is 0. The number of aromatic carboxylic acids is 1. The first kappa shape index (κ1) is 31.5. The first-order chi connectivity index (χ1) is 20.2. The Morgan fingerprint density at radius 2 is 1.56 bits per heavy atom. The monoisotopic (exact) mass is 651 g/mol. The van der Waals surface area contributed by atoms with E-state index in [0.717, 1.165) is 36.4 Å². The predicted molar refractivity (Wildman–Crippen MR) is 148 cm³/mol. The SMILES string of the molecule is O=C(Nc1cc(S(=O)(=O)O)cc2cc(SOOO)c(N=Nc3ccccc3C(=O)O)c(O)c12)c1cccc(S(=O)(=O)O)c1. The highest BCUT2D eigenvalue weighted by molar-refractivity contribution is 7.94. The summed E-state index contributed by atoms with van der Waals surface area (Å²) < 4.78 is 70.5. The summed E-state index contributed by atoms with van der Waals surface area (Å²) in [5, 5.41) is 42.6. The molecule has 0 radical (unpaired) electrons. The van der Waals surface area contributed by atoms with Crippen LogP contribution in [0, 0.1) is 0 Å². The van der Waals surface area contributed by atoms with Crippen molar-refractivity contribution in [3.63, 3.8) is 0 Å². The van der Waals surface area contributed by atoms with Crippen molar-refractivity contribution in [1.82, 2.24) is 0 Å². The molecule has 4 aromatic carbocycles. The number of carboxylic acid groups (broad SMARTS) is 1. The van der Waals surface area contributed by atoms with Crippen LogP contribution in [-0.2, 0) is 29.6 Å². The van der Waals surface area contributed by atoms with Gasteiger partial charge in [0.2, 0.25) is 0 Å². The van der Waals surface area contributed by atoms with Crippen molar-refractivity contribution in [3.8, 4) is 5.75 Å². The van der Waals surface area contributed by atoms with Crippen LogP contribution in [0.15, 0.2) is 91.6 Å². The number of rotatable bonds is 10. The fourth-order valence-electron chi connectivity index (χ4n) is 3.76. The van der Waals surface area contributed by atoms with E-state index in [-0.39, 0.29) is 44.5 Å². The molecular weight excluding hydrogens is 634 g/mol.